The lowest BCUT2D eigenvalue weighted by atomic mass is 9.87. The fraction of sp³-hybridized carbons (Fsp3) is 0.529. The van der Waals surface area contributed by atoms with Gasteiger partial charge in [-0.05, 0) is 30.2 Å². The summed E-state index contributed by atoms with van der Waals surface area (Å²) in [5.41, 5.74) is -0.385. The van der Waals surface area contributed by atoms with Crippen molar-refractivity contribution in [2.75, 3.05) is 7.05 Å². The van der Waals surface area contributed by atoms with Crippen molar-refractivity contribution < 1.29 is 19.4 Å². The molecule has 5 nitrogen and oxygen atoms in total. The SMILES string of the molecule is CN(C(=O)OCc1ccccc1)C1(C(=O)O)CCC(C)(C)C1. The van der Waals surface area contributed by atoms with Gasteiger partial charge >= 0.3 is 12.1 Å². The number of amides is 1. The number of nitrogens with zero attached hydrogens (tertiary/aromatic N) is 1. The predicted molar refractivity (Wildman–Crippen MR) is 82.4 cm³/mol. The number of hydrogen-bond acceptors (Lipinski definition) is 3. The van der Waals surface area contributed by atoms with Crippen molar-refractivity contribution in [1.29, 1.82) is 0 Å². The zero-order valence-corrected chi connectivity index (χ0v) is 13.3. The van der Waals surface area contributed by atoms with Crippen molar-refractivity contribution >= 4 is 12.1 Å². The molecule has 0 saturated heterocycles. The first-order valence-corrected chi connectivity index (χ1v) is 7.45. The highest BCUT2D eigenvalue weighted by Gasteiger charge is 2.53. The largest absolute Gasteiger partial charge is 0.479 e. The quantitative estimate of drug-likeness (QED) is 0.927. The number of benzene rings is 1. The maximum Gasteiger partial charge on any atom is 0.410 e. The van der Waals surface area contributed by atoms with E-state index in [1.165, 1.54) is 11.9 Å². The molecule has 1 aliphatic rings. The monoisotopic (exact) mass is 305 g/mol. The van der Waals surface area contributed by atoms with E-state index in [1.807, 2.05) is 44.2 Å². The smallest absolute Gasteiger partial charge is 0.410 e. The van der Waals surface area contributed by atoms with Crippen LogP contribution in [0, 0.1) is 5.41 Å². The minimum absolute atomic E-state index is 0.0909. The third-order valence-electron chi connectivity index (χ3n) is 4.51. The predicted octanol–water partition coefficient (Wildman–Crippen LogP) is 3.29. The van der Waals surface area contributed by atoms with Crippen LogP contribution in [0.5, 0.6) is 0 Å². The first-order chi connectivity index (χ1) is 10.3. The Morgan fingerprint density at radius 2 is 1.86 bits per heavy atom. The van der Waals surface area contributed by atoms with Gasteiger partial charge in [-0.25, -0.2) is 9.59 Å². The van der Waals surface area contributed by atoms with Gasteiger partial charge in [0.15, 0.2) is 0 Å². The van der Waals surface area contributed by atoms with Crippen LogP contribution < -0.4 is 0 Å². The molecule has 22 heavy (non-hydrogen) atoms. The van der Waals surface area contributed by atoms with Gasteiger partial charge in [0, 0.05) is 7.05 Å². The van der Waals surface area contributed by atoms with Crippen LogP contribution in [0.2, 0.25) is 0 Å². The average molecular weight is 305 g/mol. The van der Waals surface area contributed by atoms with Gasteiger partial charge in [-0.3, -0.25) is 4.90 Å². The van der Waals surface area contributed by atoms with Gasteiger partial charge in [0.2, 0.25) is 0 Å². The van der Waals surface area contributed by atoms with Crippen molar-refractivity contribution in [3.8, 4) is 0 Å². The highest BCUT2D eigenvalue weighted by molar-refractivity contribution is 5.84. The molecule has 0 spiro atoms. The van der Waals surface area contributed by atoms with Gasteiger partial charge in [0.05, 0.1) is 0 Å². The summed E-state index contributed by atoms with van der Waals surface area (Å²) < 4.78 is 5.27. The number of aliphatic carboxylic acids is 1. The summed E-state index contributed by atoms with van der Waals surface area (Å²) in [7, 11) is 1.52. The Morgan fingerprint density at radius 3 is 2.36 bits per heavy atom. The number of ether oxygens (including phenoxy) is 1. The van der Waals surface area contributed by atoms with E-state index in [4.69, 9.17) is 4.74 Å². The normalized spacial score (nSPS) is 23.0. The third kappa shape index (κ3) is 3.24. The number of carbonyl (C=O) groups excluding carboxylic acids is 1. The van der Waals surface area contributed by atoms with Crippen molar-refractivity contribution in [2.45, 2.75) is 45.3 Å². The molecule has 120 valence electrons. The molecule has 2 rings (SSSR count). The molecule has 0 aliphatic heterocycles. The summed E-state index contributed by atoms with van der Waals surface area (Å²) in [5, 5.41) is 9.65. The second-order valence-electron chi connectivity index (χ2n) is 6.78. The molecule has 5 heteroatoms. The maximum atomic E-state index is 12.3. The molecule has 1 fully saturated rings. The van der Waals surface area contributed by atoms with E-state index in [2.05, 4.69) is 0 Å². The van der Waals surface area contributed by atoms with E-state index in [1.54, 1.807) is 0 Å². The standard InChI is InChI=1S/C17H23NO4/c1-16(2)9-10-17(12-16,14(19)20)18(3)15(21)22-11-13-7-5-4-6-8-13/h4-8H,9-12H2,1-3H3,(H,19,20). The number of carbonyl (C=O) groups is 2. The van der Waals surface area contributed by atoms with Crippen LogP contribution in [-0.2, 0) is 16.1 Å². The number of carboxylic acid groups (broad SMARTS) is 1. The maximum absolute atomic E-state index is 12.3. The molecule has 0 bridgehead atoms. The Labute approximate surface area is 130 Å². The summed E-state index contributed by atoms with van der Waals surface area (Å²) in [5.74, 6) is -0.961. The Kier molecular flexibility index (Phi) is 4.44. The Bertz CT molecular complexity index is 555. The van der Waals surface area contributed by atoms with Crippen LogP contribution in [0.4, 0.5) is 4.79 Å². The lowest BCUT2D eigenvalue weighted by Gasteiger charge is -2.35. The fourth-order valence-electron chi connectivity index (χ4n) is 3.12. The van der Waals surface area contributed by atoms with Crippen LogP contribution in [0.25, 0.3) is 0 Å². The number of carboxylic acids is 1. The van der Waals surface area contributed by atoms with Gasteiger partial charge < -0.3 is 9.84 Å². The zero-order chi connectivity index (χ0) is 16.4. The lowest BCUT2D eigenvalue weighted by Crippen LogP contribution is -2.54. The first-order valence-electron chi connectivity index (χ1n) is 7.45. The van der Waals surface area contributed by atoms with Crippen molar-refractivity contribution in [3.05, 3.63) is 35.9 Å². The molecule has 1 N–H and O–H groups in total. The summed E-state index contributed by atoms with van der Waals surface area (Å²) in [4.78, 5) is 25.3. The summed E-state index contributed by atoms with van der Waals surface area (Å²) in [6.07, 6.45) is 1.07. The van der Waals surface area contributed by atoms with Crippen LogP contribution in [0.15, 0.2) is 30.3 Å². The van der Waals surface area contributed by atoms with E-state index in [-0.39, 0.29) is 12.0 Å². The molecule has 0 aromatic heterocycles. The average Bonchev–Trinajstić information content (AvgIpc) is 2.82. The molecule has 1 aromatic carbocycles. The summed E-state index contributed by atoms with van der Waals surface area (Å²) in [6.45, 7) is 4.20. The molecular weight excluding hydrogens is 282 g/mol. The van der Waals surface area contributed by atoms with E-state index in [0.717, 1.165) is 12.0 Å². The summed E-state index contributed by atoms with van der Waals surface area (Å²) in [6, 6.07) is 9.34. The molecule has 1 aliphatic carbocycles. The van der Waals surface area contributed by atoms with E-state index in [0.29, 0.717) is 12.8 Å². The zero-order valence-electron chi connectivity index (χ0n) is 13.3. The van der Waals surface area contributed by atoms with Crippen LogP contribution in [0.1, 0.15) is 38.7 Å². The van der Waals surface area contributed by atoms with Crippen LogP contribution in [-0.4, -0.2) is 34.7 Å². The van der Waals surface area contributed by atoms with Gasteiger partial charge in [0.25, 0.3) is 0 Å². The van der Waals surface area contributed by atoms with Gasteiger partial charge in [-0.15, -0.1) is 0 Å². The minimum Gasteiger partial charge on any atom is -0.479 e. The summed E-state index contributed by atoms with van der Waals surface area (Å²) >= 11 is 0. The third-order valence-corrected chi connectivity index (χ3v) is 4.51. The minimum atomic E-state index is -1.17. The van der Waals surface area contributed by atoms with Gasteiger partial charge in [0.1, 0.15) is 12.1 Å². The molecule has 1 aromatic rings. The molecule has 0 radical (unpaired) electrons. The first kappa shape index (κ1) is 16.3. The van der Waals surface area contributed by atoms with Crippen LogP contribution >= 0.6 is 0 Å². The van der Waals surface area contributed by atoms with E-state index >= 15 is 0 Å². The molecular formula is C17H23NO4. The fourth-order valence-corrected chi connectivity index (χ4v) is 3.12. The Hall–Kier alpha value is -2.04. The van der Waals surface area contributed by atoms with E-state index in [9.17, 15) is 14.7 Å². The Morgan fingerprint density at radius 1 is 1.23 bits per heavy atom. The van der Waals surface area contributed by atoms with Crippen molar-refractivity contribution in [2.24, 2.45) is 5.41 Å². The topological polar surface area (TPSA) is 66.8 Å². The molecule has 1 atom stereocenters. The number of rotatable bonds is 4. The van der Waals surface area contributed by atoms with Gasteiger partial charge in [-0.1, -0.05) is 44.2 Å². The lowest BCUT2D eigenvalue weighted by molar-refractivity contribution is -0.150. The van der Waals surface area contributed by atoms with Gasteiger partial charge in [-0.2, -0.15) is 0 Å². The highest BCUT2D eigenvalue weighted by atomic mass is 16.6. The number of likely N-dealkylation sites (N-methyl/N-ethyl adjacent to an activating group) is 1. The second kappa shape index (κ2) is 5.99. The van der Waals surface area contributed by atoms with Crippen LogP contribution in [0.3, 0.4) is 0 Å². The molecule has 1 unspecified atom stereocenters. The number of hydrogen-bond donors (Lipinski definition) is 1. The highest BCUT2D eigenvalue weighted by Crippen LogP contribution is 2.46. The molecule has 0 heterocycles. The molecule has 1 amide bonds. The Balaban J connectivity index is 2.06. The van der Waals surface area contributed by atoms with Crippen molar-refractivity contribution in [1.82, 2.24) is 4.90 Å². The van der Waals surface area contributed by atoms with Crippen molar-refractivity contribution in [3.63, 3.8) is 0 Å². The second-order valence-corrected chi connectivity index (χ2v) is 6.78. The molecule has 1 saturated carbocycles. The van der Waals surface area contributed by atoms with E-state index < -0.39 is 17.6 Å².